The Hall–Kier alpha value is -0.480. The van der Waals surface area contributed by atoms with Gasteiger partial charge in [-0.3, -0.25) is 4.84 Å². The van der Waals surface area contributed by atoms with E-state index < -0.39 is 0 Å². The van der Waals surface area contributed by atoms with Crippen LogP contribution in [0.15, 0.2) is 0 Å². The van der Waals surface area contributed by atoms with Gasteiger partial charge in [0.2, 0.25) is 0 Å². The van der Waals surface area contributed by atoms with Gasteiger partial charge in [0.1, 0.15) is 0 Å². The molecule has 0 rings (SSSR count). The molecule has 0 fully saturated rings. The van der Waals surface area contributed by atoms with E-state index in [0.29, 0.717) is 119 Å². The van der Waals surface area contributed by atoms with Crippen LogP contribution >= 0.6 is 0 Å². The van der Waals surface area contributed by atoms with E-state index in [1.165, 1.54) is 64.2 Å². The molecule has 0 aliphatic carbocycles. The Morgan fingerprint density at radius 3 is 0.957 bits per heavy atom. The number of likely N-dealkylation sites (N-methyl/N-ethyl adjacent to an activating group) is 1. The molecule has 0 unspecified atom stereocenters. The lowest BCUT2D eigenvalue weighted by atomic mass is 10.1. The summed E-state index contributed by atoms with van der Waals surface area (Å²) in [7, 11) is 1.96. The topological polar surface area (TPSA) is 116 Å². The molecule has 0 saturated heterocycles. The highest BCUT2D eigenvalue weighted by atomic mass is 16.7. The second kappa shape index (κ2) is 42.5. The minimum atomic E-state index is 0.0294. The summed E-state index contributed by atoms with van der Waals surface area (Å²) >= 11 is 0. The van der Waals surface area contributed by atoms with Crippen LogP contribution in [0.1, 0.15) is 77.6 Å². The Kier molecular flexibility index (Phi) is 42.1. The molecule has 0 aromatic carbocycles. The zero-order chi connectivity index (χ0) is 33.3. The van der Waals surface area contributed by atoms with Gasteiger partial charge >= 0.3 is 0 Å². The van der Waals surface area contributed by atoms with Crippen LogP contribution in [0.2, 0.25) is 0 Å². The van der Waals surface area contributed by atoms with Gasteiger partial charge in [-0.25, -0.2) is 0 Å². The van der Waals surface area contributed by atoms with Gasteiger partial charge in [0.25, 0.3) is 0 Å². The lowest BCUT2D eigenvalue weighted by molar-refractivity contribution is -0.149. The van der Waals surface area contributed by atoms with Crippen LogP contribution in [0.25, 0.3) is 0 Å². The molecule has 0 radical (unpaired) electrons. The normalized spacial score (nSPS) is 11.7. The molecule has 0 amide bonds. The molecule has 1 N–H and O–H groups in total. The molecule has 0 spiro atoms. The van der Waals surface area contributed by atoms with E-state index in [4.69, 9.17) is 52.6 Å². The number of aliphatic hydroxyl groups excluding tert-OH is 1. The maximum absolute atomic E-state index is 8.58. The largest absolute Gasteiger partial charge is 0.394 e. The van der Waals surface area contributed by atoms with Crippen LogP contribution in [0.4, 0.5) is 0 Å². The Morgan fingerprint density at radius 1 is 0.348 bits per heavy atom. The second-order valence-electron chi connectivity index (χ2n) is 11.0. The number of ether oxygens (including phenoxy) is 9. The van der Waals surface area contributed by atoms with Crippen molar-refractivity contribution >= 4 is 0 Å². The van der Waals surface area contributed by atoms with Crippen molar-refractivity contribution in [3.8, 4) is 0 Å². The van der Waals surface area contributed by atoms with Gasteiger partial charge in [0.15, 0.2) is 0 Å². The van der Waals surface area contributed by atoms with E-state index in [1.54, 1.807) is 0 Å². The summed E-state index contributed by atoms with van der Waals surface area (Å²) in [5.74, 6) is 0. The van der Waals surface area contributed by atoms with E-state index >= 15 is 0 Å². The summed E-state index contributed by atoms with van der Waals surface area (Å²) < 4.78 is 48.9. The van der Waals surface area contributed by atoms with Crippen molar-refractivity contribution in [2.45, 2.75) is 77.6 Å². The summed E-state index contributed by atoms with van der Waals surface area (Å²) in [5, 5.41) is 10.5. The number of rotatable bonds is 42. The number of hydrogen-bond acceptors (Lipinski definition) is 12. The predicted molar refractivity (Wildman–Crippen MR) is 179 cm³/mol. The lowest BCUT2D eigenvalue weighted by Gasteiger charge is -2.16. The Balaban J connectivity index is 3.12. The van der Waals surface area contributed by atoms with Crippen LogP contribution in [-0.2, 0) is 47.5 Å². The quantitative estimate of drug-likeness (QED) is 0.0738. The van der Waals surface area contributed by atoms with Crippen LogP contribution < -0.4 is 0 Å². The molecule has 0 heterocycles. The van der Waals surface area contributed by atoms with Crippen molar-refractivity contribution in [3.05, 3.63) is 0 Å². The highest BCUT2D eigenvalue weighted by Crippen LogP contribution is 2.11. The third-order valence-corrected chi connectivity index (χ3v) is 6.82. The van der Waals surface area contributed by atoms with Gasteiger partial charge in [0.05, 0.1) is 132 Å². The van der Waals surface area contributed by atoms with Gasteiger partial charge in [-0.2, -0.15) is 5.06 Å². The number of unbranched alkanes of at least 4 members (excludes halogenated alkanes) is 10. The summed E-state index contributed by atoms with van der Waals surface area (Å²) in [6.45, 7) is 13.1. The fourth-order valence-electron chi connectivity index (χ4n) is 4.17. The monoisotopic (exact) mass is 670 g/mol. The fourth-order valence-corrected chi connectivity index (χ4v) is 4.17. The number of hydrogen-bond donors (Lipinski definition) is 1. The molecule has 12 heteroatoms. The van der Waals surface area contributed by atoms with Gasteiger partial charge in [-0.1, -0.05) is 71.1 Å². The maximum Gasteiger partial charge on any atom is 0.0701 e. The Labute approximate surface area is 280 Å². The first kappa shape index (κ1) is 45.5. The van der Waals surface area contributed by atoms with E-state index in [9.17, 15) is 0 Å². The highest BCUT2D eigenvalue weighted by Gasteiger charge is 2.00. The number of nitrogens with zero attached hydrogens (tertiary/aromatic N) is 1. The van der Waals surface area contributed by atoms with E-state index in [2.05, 4.69) is 6.92 Å². The molecule has 0 aliphatic heterocycles. The first-order valence-corrected chi connectivity index (χ1v) is 18.0. The van der Waals surface area contributed by atoms with E-state index in [0.717, 1.165) is 19.6 Å². The number of hydroxylamine groups is 2. The van der Waals surface area contributed by atoms with Gasteiger partial charge in [-0.05, 0) is 6.42 Å². The maximum atomic E-state index is 8.58. The summed E-state index contributed by atoms with van der Waals surface area (Å²) in [6.07, 6.45) is 14.8. The lowest BCUT2D eigenvalue weighted by Crippen LogP contribution is -2.24. The smallest absolute Gasteiger partial charge is 0.0701 e. The van der Waals surface area contributed by atoms with Gasteiger partial charge in [-0.15, -0.1) is 0 Å². The molecule has 0 bridgehead atoms. The predicted octanol–water partition coefficient (Wildman–Crippen LogP) is 4.30. The first-order valence-electron chi connectivity index (χ1n) is 18.0. The Bertz CT molecular complexity index is 537. The van der Waals surface area contributed by atoms with Crippen molar-refractivity contribution in [1.82, 2.24) is 5.06 Å². The standard InChI is InChI=1S/C34H71NO11/c1-3-4-5-6-7-8-9-10-11-12-13-16-46-35(2)14-17-37-19-21-39-23-25-41-27-29-43-31-33-45-34-32-44-30-28-42-26-24-40-22-20-38-18-15-36/h36H,3-34H2,1-2H3. The molecule has 0 atom stereocenters. The summed E-state index contributed by atoms with van der Waals surface area (Å²) in [4.78, 5) is 5.76. The molecule has 12 nitrogen and oxygen atoms in total. The van der Waals surface area contributed by atoms with Gasteiger partial charge < -0.3 is 47.7 Å². The molecular formula is C34H71NO11. The van der Waals surface area contributed by atoms with Crippen molar-refractivity contribution in [3.63, 3.8) is 0 Å². The van der Waals surface area contributed by atoms with Crippen LogP contribution in [-0.4, -0.2) is 156 Å². The molecule has 0 saturated carbocycles. The van der Waals surface area contributed by atoms with Crippen molar-refractivity contribution in [2.75, 3.05) is 146 Å². The summed E-state index contributed by atoms with van der Waals surface area (Å²) in [6, 6.07) is 0. The number of aliphatic hydroxyl groups is 1. The van der Waals surface area contributed by atoms with Crippen LogP contribution in [0, 0.1) is 0 Å². The zero-order valence-electron chi connectivity index (χ0n) is 29.6. The second-order valence-corrected chi connectivity index (χ2v) is 11.0. The third-order valence-electron chi connectivity index (χ3n) is 6.82. The van der Waals surface area contributed by atoms with Crippen LogP contribution in [0.5, 0.6) is 0 Å². The molecular weight excluding hydrogens is 598 g/mol. The molecule has 278 valence electrons. The third kappa shape index (κ3) is 41.5. The molecule has 46 heavy (non-hydrogen) atoms. The first-order chi connectivity index (χ1) is 22.8. The fraction of sp³-hybridized carbons (Fsp3) is 1.00. The minimum Gasteiger partial charge on any atom is -0.394 e. The SMILES string of the molecule is CCCCCCCCCCCCCON(C)CCOCCOCCOCCOCCOCCOCCOCCOCCOCCO. The molecule has 0 aromatic rings. The van der Waals surface area contributed by atoms with Gasteiger partial charge in [0, 0.05) is 13.6 Å². The summed E-state index contributed by atoms with van der Waals surface area (Å²) in [5.41, 5.74) is 0. The molecule has 0 aromatic heterocycles. The van der Waals surface area contributed by atoms with Crippen molar-refractivity contribution < 1.29 is 52.6 Å². The zero-order valence-corrected chi connectivity index (χ0v) is 29.6. The van der Waals surface area contributed by atoms with E-state index in [1.807, 2.05) is 12.1 Å². The Morgan fingerprint density at radius 2 is 0.630 bits per heavy atom. The average molecular weight is 670 g/mol. The van der Waals surface area contributed by atoms with E-state index in [-0.39, 0.29) is 6.61 Å². The average Bonchev–Trinajstić information content (AvgIpc) is 3.06. The highest BCUT2D eigenvalue weighted by molar-refractivity contribution is 4.48. The van der Waals surface area contributed by atoms with Crippen molar-refractivity contribution in [2.24, 2.45) is 0 Å². The minimum absolute atomic E-state index is 0.0294. The molecule has 0 aliphatic rings. The van der Waals surface area contributed by atoms with Crippen molar-refractivity contribution in [1.29, 1.82) is 0 Å². The van der Waals surface area contributed by atoms with Crippen LogP contribution in [0.3, 0.4) is 0 Å².